The molecule has 0 fully saturated rings. The summed E-state index contributed by atoms with van der Waals surface area (Å²) in [5.41, 5.74) is 0. The zero-order valence-corrected chi connectivity index (χ0v) is 13.4. The Morgan fingerprint density at radius 2 is 1.57 bits per heavy atom. The second-order valence-corrected chi connectivity index (χ2v) is 5.86. The molecule has 1 atom stereocenters. The van der Waals surface area contributed by atoms with Crippen molar-refractivity contribution in [2.24, 2.45) is 0 Å². The van der Waals surface area contributed by atoms with Crippen LogP contribution in [0, 0.1) is 0 Å². The molecule has 1 rings (SSSR count). The van der Waals surface area contributed by atoms with Crippen LogP contribution >= 0.6 is 0 Å². The molecule has 120 valence electrons. The van der Waals surface area contributed by atoms with E-state index >= 15 is 0 Å². The molecule has 0 amide bonds. The molecular weight excluding hydrogens is 264 g/mol. The van der Waals surface area contributed by atoms with Gasteiger partial charge in [-0.25, -0.2) is 4.79 Å². The number of cyclic esters (lactones) is 1. The molecular formula is C18H30O3. The number of ether oxygens (including phenoxy) is 1. The van der Waals surface area contributed by atoms with E-state index in [1.165, 1.54) is 63.9 Å². The van der Waals surface area contributed by atoms with Crippen LogP contribution in [0.3, 0.4) is 0 Å². The summed E-state index contributed by atoms with van der Waals surface area (Å²) in [6, 6.07) is 0. The summed E-state index contributed by atoms with van der Waals surface area (Å²) in [6.07, 6.45) is 17.8. The average Bonchev–Trinajstić information content (AvgIpc) is 2.86. The Balaban J connectivity index is 1.90. The highest BCUT2D eigenvalue weighted by atomic mass is 16.5. The molecule has 0 radical (unpaired) electrons. The number of esters is 1. The summed E-state index contributed by atoms with van der Waals surface area (Å²) in [4.78, 5) is 10.8. The lowest BCUT2D eigenvalue weighted by Gasteiger charge is -2.06. The molecule has 0 aromatic carbocycles. The maximum atomic E-state index is 10.8. The van der Waals surface area contributed by atoms with E-state index in [0.29, 0.717) is 5.76 Å². The van der Waals surface area contributed by atoms with Crippen LogP contribution in [0.1, 0.15) is 77.6 Å². The third kappa shape index (κ3) is 9.46. The van der Waals surface area contributed by atoms with Crippen LogP contribution in [-0.2, 0) is 9.53 Å². The number of carbonyl (C=O) groups excluding carboxylic acids is 1. The molecule has 0 bridgehead atoms. The van der Waals surface area contributed by atoms with Crippen LogP contribution in [0.2, 0.25) is 0 Å². The number of hydrogen-bond acceptors (Lipinski definition) is 3. The van der Waals surface area contributed by atoms with Crippen molar-refractivity contribution in [3.8, 4) is 0 Å². The van der Waals surface area contributed by atoms with E-state index in [1.54, 1.807) is 12.2 Å². The van der Waals surface area contributed by atoms with Gasteiger partial charge in [0.25, 0.3) is 0 Å². The van der Waals surface area contributed by atoms with E-state index in [4.69, 9.17) is 4.74 Å². The SMILES string of the molecule is CCCCCCCCCCCC[C@@H](O)/C=C1/C=CC(=O)O1. The van der Waals surface area contributed by atoms with E-state index in [2.05, 4.69) is 6.92 Å². The largest absolute Gasteiger partial charge is 0.424 e. The lowest BCUT2D eigenvalue weighted by molar-refractivity contribution is -0.132. The molecule has 0 spiro atoms. The van der Waals surface area contributed by atoms with Gasteiger partial charge in [-0.2, -0.15) is 0 Å². The van der Waals surface area contributed by atoms with Crippen LogP contribution in [-0.4, -0.2) is 17.2 Å². The summed E-state index contributed by atoms with van der Waals surface area (Å²) in [5, 5.41) is 9.82. The number of rotatable bonds is 12. The zero-order valence-electron chi connectivity index (χ0n) is 13.4. The van der Waals surface area contributed by atoms with Crippen molar-refractivity contribution in [3.63, 3.8) is 0 Å². The number of aliphatic hydroxyl groups is 1. The first-order valence-electron chi connectivity index (χ1n) is 8.52. The Morgan fingerprint density at radius 1 is 1.00 bits per heavy atom. The lowest BCUT2D eigenvalue weighted by atomic mass is 10.0. The molecule has 0 aromatic rings. The van der Waals surface area contributed by atoms with Crippen molar-refractivity contribution in [1.29, 1.82) is 0 Å². The Kier molecular flexibility index (Phi) is 9.88. The molecule has 0 aliphatic carbocycles. The number of carbonyl (C=O) groups is 1. The van der Waals surface area contributed by atoms with Gasteiger partial charge in [-0.1, -0.05) is 71.1 Å². The molecule has 0 unspecified atom stereocenters. The lowest BCUT2D eigenvalue weighted by Crippen LogP contribution is -2.04. The number of allylic oxidation sites excluding steroid dienone is 1. The Labute approximate surface area is 129 Å². The third-order valence-electron chi connectivity index (χ3n) is 3.81. The predicted octanol–water partition coefficient (Wildman–Crippen LogP) is 4.66. The summed E-state index contributed by atoms with van der Waals surface area (Å²) >= 11 is 0. The van der Waals surface area contributed by atoms with Crippen molar-refractivity contribution >= 4 is 5.97 Å². The van der Waals surface area contributed by atoms with Gasteiger partial charge in [0.05, 0.1) is 6.10 Å². The topological polar surface area (TPSA) is 46.5 Å². The van der Waals surface area contributed by atoms with E-state index in [1.807, 2.05) is 0 Å². The van der Waals surface area contributed by atoms with Gasteiger partial charge in [0, 0.05) is 6.08 Å². The van der Waals surface area contributed by atoms with Gasteiger partial charge in [-0.15, -0.1) is 0 Å². The van der Waals surface area contributed by atoms with Gasteiger partial charge in [0.2, 0.25) is 0 Å². The molecule has 1 N–H and O–H groups in total. The second-order valence-electron chi connectivity index (χ2n) is 5.86. The Morgan fingerprint density at radius 3 is 2.10 bits per heavy atom. The second kappa shape index (κ2) is 11.6. The van der Waals surface area contributed by atoms with Crippen LogP contribution in [0.4, 0.5) is 0 Å². The average molecular weight is 294 g/mol. The van der Waals surface area contributed by atoms with Crippen molar-refractivity contribution in [2.75, 3.05) is 0 Å². The van der Waals surface area contributed by atoms with Gasteiger partial charge in [-0.05, 0) is 18.6 Å². The molecule has 1 heterocycles. The van der Waals surface area contributed by atoms with Crippen LogP contribution in [0.15, 0.2) is 24.0 Å². The Hall–Kier alpha value is -1.09. The molecule has 1 aliphatic heterocycles. The van der Waals surface area contributed by atoms with Gasteiger partial charge in [0.15, 0.2) is 0 Å². The quantitative estimate of drug-likeness (QED) is 0.421. The zero-order chi connectivity index (χ0) is 15.3. The van der Waals surface area contributed by atoms with E-state index in [0.717, 1.165) is 12.8 Å². The van der Waals surface area contributed by atoms with Crippen molar-refractivity contribution in [1.82, 2.24) is 0 Å². The van der Waals surface area contributed by atoms with Crippen LogP contribution < -0.4 is 0 Å². The van der Waals surface area contributed by atoms with Crippen molar-refractivity contribution in [2.45, 2.75) is 83.7 Å². The normalized spacial score (nSPS) is 17.4. The maximum Gasteiger partial charge on any atom is 0.336 e. The van der Waals surface area contributed by atoms with E-state index < -0.39 is 6.10 Å². The molecule has 0 saturated carbocycles. The minimum absolute atomic E-state index is 0.354. The minimum atomic E-state index is -0.510. The molecule has 0 aromatic heterocycles. The molecule has 0 saturated heterocycles. The first kappa shape index (κ1) is 18.0. The number of unbranched alkanes of at least 4 members (excludes halogenated alkanes) is 9. The highest BCUT2D eigenvalue weighted by molar-refractivity contribution is 5.86. The first-order chi connectivity index (χ1) is 10.2. The van der Waals surface area contributed by atoms with Gasteiger partial charge < -0.3 is 9.84 Å². The maximum absolute atomic E-state index is 10.8. The molecule has 3 nitrogen and oxygen atoms in total. The van der Waals surface area contributed by atoms with E-state index in [9.17, 15) is 9.90 Å². The predicted molar refractivity (Wildman–Crippen MR) is 85.8 cm³/mol. The molecule has 3 heteroatoms. The van der Waals surface area contributed by atoms with Crippen LogP contribution in [0.25, 0.3) is 0 Å². The van der Waals surface area contributed by atoms with Gasteiger partial charge >= 0.3 is 5.97 Å². The minimum Gasteiger partial charge on any atom is -0.424 e. The first-order valence-corrected chi connectivity index (χ1v) is 8.52. The fraction of sp³-hybridized carbons (Fsp3) is 0.722. The van der Waals surface area contributed by atoms with Crippen molar-refractivity contribution in [3.05, 3.63) is 24.0 Å². The molecule has 21 heavy (non-hydrogen) atoms. The number of hydrogen-bond donors (Lipinski definition) is 1. The summed E-state index contributed by atoms with van der Waals surface area (Å²) in [5.74, 6) is 0.118. The number of aliphatic hydroxyl groups excluding tert-OH is 1. The van der Waals surface area contributed by atoms with Gasteiger partial charge in [-0.3, -0.25) is 0 Å². The summed E-state index contributed by atoms with van der Waals surface area (Å²) in [6.45, 7) is 2.25. The summed E-state index contributed by atoms with van der Waals surface area (Å²) < 4.78 is 4.88. The third-order valence-corrected chi connectivity index (χ3v) is 3.81. The Bertz CT molecular complexity index is 344. The van der Waals surface area contributed by atoms with Gasteiger partial charge in [0.1, 0.15) is 5.76 Å². The smallest absolute Gasteiger partial charge is 0.336 e. The molecule has 1 aliphatic rings. The summed E-state index contributed by atoms with van der Waals surface area (Å²) in [7, 11) is 0. The fourth-order valence-corrected chi connectivity index (χ4v) is 2.54. The van der Waals surface area contributed by atoms with Crippen molar-refractivity contribution < 1.29 is 14.6 Å². The monoisotopic (exact) mass is 294 g/mol. The van der Waals surface area contributed by atoms with Crippen LogP contribution in [0.5, 0.6) is 0 Å². The highest BCUT2D eigenvalue weighted by Crippen LogP contribution is 2.14. The fourth-order valence-electron chi connectivity index (χ4n) is 2.54. The van der Waals surface area contributed by atoms with E-state index in [-0.39, 0.29) is 5.97 Å². The standard InChI is InChI=1S/C18H30O3/c1-2-3-4-5-6-7-8-9-10-11-12-16(19)15-17-13-14-18(20)21-17/h13-16,19H,2-12H2,1H3/b17-15-/t16-/m1/s1. The highest BCUT2D eigenvalue weighted by Gasteiger charge is 2.11.